The maximum atomic E-state index is 5.36. The molecule has 0 fully saturated rings. The van der Waals surface area contributed by atoms with Crippen LogP contribution in [0.2, 0.25) is 0 Å². The van der Waals surface area contributed by atoms with Gasteiger partial charge in [0.15, 0.2) is 0 Å². The zero-order valence-corrected chi connectivity index (χ0v) is 15.4. The summed E-state index contributed by atoms with van der Waals surface area (Å²) in [6.07, 6.45) is 11.2. The molecule has 1 N–H and O–H groups in total. The third kappa shape index (κ3) is 4.13. The van der Waals surface area contributed by atoms with Crippen molar-refractivity contribution in [2.45, 2.75) is 19.4 Å². The summed E-state index contributed by atoms with van der Waals surface area (Å²) < 4.78 is 7.17. The number of nitrogens with one attached hydrogen (secondary N) is 1. The van der Waals surface area contributed by atoms with Crippen LogP contribution in [0.15, 0.2) is 82.8 Å². The molecule has 5 heteroatoms. The second kappa shape index (κ2) is 8.28. The second-order valence-electron chi connectivity index (χ2n) is 6.32. The summed E-state index contributed by atoms with van der Waals surface area (Å²) in [5.41, 5.74) is 4.36. The molecule has 0 amide bonds. The number of allylic oxidation sites excluding steroid dienone is 2. The number of benzene rings is 1. The highest BCUT2D eigenvalue weighted by Gasteiger charge is 2.08. The first-order valence-electron chi connectivity index (χ1n) is 9.14. The van der Waals surface area contributed by atoms with Crippen LogP contribution in [0, 0.1) is 11.8 Å². The molecule has 0 saturated carbocycles. The lowest BCUT2D eigenvalue weighted by atomic mass is 10.1. The summed E-state index contributed by atoms with van der Waals surface area (Å²) in [5.74, 6) is 7.28. The summed E-state index contributed by atoms with van der Waals surface area (Å²) in [4.78, 5) is 4.35. The topological polar surface area (TPSA) is 55.4 Å². The van der Waals surface area contributed by atoms with Crippen molar-refractivity contribution in [3.63, 3.8) is 0 Å². The highest BCUT2D eigenvalue weighted by molar-refractivity contribution is 5.67. The average molecular weight is 368 g/mol. The van der Waals surface area contributed by atoms with E-state index in [1.165, 1.54) is 0 Å². The van der Waals surface area contributed by atoms with E-state index in [-0.39, 0.29) is 0 Å². The van der Waals surface area contributed by atoms with Gasteiger partial charge in [0.2, 0.25) is 0 Å². The molecule has 3 heterocycles. The van der Waals surface area contributed by atoms with Crippen LogP contribution in [0.5, 0.6) is 0 Å². The zero-order valence-electron chi connectivity index (χ0n) is 15.4. The van der Waals surface area contributed by atoms with Crippen molar-refractivity contribution in [1.29, 1.82) is 0 Å². The predicted molar refractivity (Wildman–Crippen MR) is 111 cm³/mol. The van der Waals surface area contributed by atoms with E-state index in [0.717, 1.165) is 46.8 Å². The first-order valence-corrected chi connectivity index (χ1v) is 9.14. The molecule has 0 radical (unpaired) electrons. The number of hydrogen-bond donors (Lipinski definition) is 1. The van der Waals surface area contributed by atoms with Crippen LogP contribution in [-0.2, 0) is 6.54 Å². The molecule has 1 aromatic carbocycles. The zero-order chi connectivity index (χ0) is 19.2. The third-order valence-corrected chi connectivity index (χ3v) is 4.34. The highest BCUT2D eigenvalue weighted by Crippen LogP contribution is 2.20. The summed E-state index contributed by atoms with van der Waals surface area (Å²) in [7, 11) is 0. The van der Waals surface area contributed by atoms with E-state index < -0.39 is 0 Å². The number of furan rings is 1. The standard InChI is InChI=1S/C23H20N4O/c1-18(25-17-22-7-4-15-28-22)19-9-11-23(27-14-5-13-26-27)20(16-19)8-10-21-6-2-3-12-24-21/h4-7,9,11-16,25H,1-3,17H2. The monoisotopic (exact) mass is 368 g/mol. The Labute approximate surface area is 164 Å². The Morgan fingerprint density at radius 2 is 2.18 bits per heavy atom. The molecule has 0 aliphatic carbocycles. The number of aliphatic imine (C=N–C) groups is 1. The maximum Gasteiger partial charge on any atom is 0.122 e. The number of nitrogens with zero attached hydrogens (tertiary/aromatic N) is 3. The lowest BCUT2D eigenvalue weighted by molar-refractivity contribution is 0.501. The van der Waals surface area contributed by atoms with Gasteiger partial charge in [0.25, 0.3) is 0 Å². The van der Waals surface area contributed by atoms with Crippen LogP contribution in [-0.4, -0.2) is 16.0 Å². The van der Waals surface area contributed by atoms with Gasteiger partial charge in [-0.2, -0.15) is 5.10 Å². The molecule has 0 unspecified atom stereocenters. The van der Waals surface area contributed by atoms with Crippen LogP contribution in [0.1, 0.15) is 29.7 Å². The van der Waals surface area contributed by atoms with Gasteiger partial charge in [-0.15, -0.1) is 0 Å². The molecule has 2 aromatic heterocycles. The summed E-state index contributed by atoms with van der Waals surface area (Å²) >= 11 is 0. The Bertz CT molecular complexity index is 1080. The predicted octanol–water partition coefficient (Wildman–Crippen LogP) is 4.33. The van der Waals surface area contributed by atoms with Crippen LogP contribution >= 0.6 is 0 Å². The molecule has 1 aliphatic rings. The van der Waals surface area contributed by atoms with E-state index >= 15 is 0 Å². The van der Waals surface area contributed by atoms with Gasteiger partial charge in [-0.1, -0.05) is 18.6 Å². The minimum Gasteiger partial charge on any atom is -0.467 e. The molecule has 3 aromatic rings. The van der Waals surface area contributed by atoms with Gasteiger partial charge in [-0.25, -0.2) is 4.68 Å². The molecule has 0 saturated heterocycles. The van der Waals surface area contributed by atoms with E-state index in [2.05, 4.69) is 39.9 Å². The minimum absolute atomic E-state index is 0.579. The van der Waals surface area contributed by atoms with E-state index in [1.54, 1.807) is 12.5 Å². The van der Waals surface area contributed by atoms with Crippen molar-refractivity contribution in [1.82, 2.24) is 15.1 Å². The Morgan fingerprint density at radius 3 is 2.93 bits per heavy atom. The Morgan fingerprint density at radius 1 is 1.21 bits per heavy atom. The fraction of sp³-hybridized carbons (Fsp3) is 0.130. The minimum atomic E-state index is 0.579. The van der Waals surface area contributed by atoms with E-state index in [4.69, 9.17) is 4.42 Å². The summed E-state index contributed by atoms with van der Waals surface area (Å²) in [5, 5.41) is 7.64. The normalized spacial score (nSPS) is 12.8. The number of aromatic nitrogens is 2. The van der Waals surface area contributed by atoms with Crippen molar-refractivity contribution in [3.8, 4) is 17.5 Å². The molecule has 28 heavy (non-hydrogen) atoms. The van der Waals surface area contributed by atoms with Gasteiger partial charge in [-0.3, -0.25) is 4.99 Å². The van der Waals surface area contributed by atoms with Crippen LogP contribution in [0.4, 0.5) is 0 Å². The van der Waals surface area contributed by atoms with Gasteiger partial charge < -0.3 is 9.73 Å². The third-order valence-electron chi connectivity index (χ3n) is 4.34. The van der Waals surface area contributed by atoms with E-state index in [0.29, 0.717) is 6.54 Å². The molecule has 138 valence electrons. The highest BCUT2D eigenvalue weighted by atomic mass is 16.3. The molecule has 0 bridgehead atoms. The fourth-order valence-electron chi connectivity index (χ4n) is 2.87. The Kier molecular flexibility index (Phi) is 5.21. The van der Waals surface area contributed by atoms with Gasteiger partial charge in [-0.05, 0) is 60.7 Å². The molecular weight excluding hydrogens is 348 g/mol. The largest absolute Gasteiger partial charge is 0.467 e. The van der Waals surface area contributed by atoms with Gasteiger partial charge in [0.05, 0.1) is 24.1 Å². The Balaban J connectivity index is 1.62. The number of rotatable bonds is 5. The van der Waals surface area contributed by atoms with E-state index in [9.17, 15) is 0 Å². The van der Waals surface area contributed by atoms with Crippen LogP contribution < -0.4 is 5.32 Å². The summed E-state index contributed by atoms with van der Waals surface area (Å²) in [6.45, 7) is 4.73. The lowest BCUT2D eigenvalue weighted by Gasteiger charge is -2.11. The van der Waals surface area contributed by atoms with Gasteiger partial charge in [0, 0.05) is 24.3 Å². The molecule has 0 atom stereocenters. The van der Waals surface area contributed by atoms with Crippen molar-refractivity contribution in [3.05, 3.63) is 90.3 Å². The van der Waals surface area contributed by atoms with E-state index in [1.807, 2.05) is 53.5 Å². The van der Waals surface area contributed by atoms with Gasteiger partial charge in [0.1, 0.15) is 11.5 Å². The van der Waals surface area contributed by atoms with Crippen LogP contribution in [0.25, 0.3) is 11.4 Å². The number of hydrogen-bond acceptors (Lipinski definition) is 4. The molecule has 4 rings (SSSR count). The van der Waals surface area contributed by atoms with Crippen molar-refractivity contribution in [2.75, 3.05) is 0 Å². The fourth-order valence-corrected chi connectivity index (χ4v) is 2.87. The van der Waals surface area contributed by atoms with Crippen molar-refractivity contribution in [2.24, 2.45) is 4.99 Å². The average Bonchev–Trinajstić information content (AvgIpc) is 3.45. The van der Waals surface area contributed by atoms with Crippen LogP contribution in [0.3, 0.4) is 0 Å². The first kappa shape index (κ1) is 17.6. The molecule has 1 aliphatic heterocycles. The quantitative estimate of drug-likeness (QED) is 0.682. The first-order chi connectivity index (χ1) is 13.8. The van der Waals surface area contributed by atoms with Gasteiger partial charge >= 0.3 is 0 Å². The smallest absolute Gasteiger partial charge is 0.122 e. The van der Waals surface area contributed by atoms with Crippen molar-refractivity contribution >= 4 is 11.9 Å². The molecular formula is C23H20N4O. The SMILES string of the molecule is C=C(NCc1ccco1)c1ccc(-n2cccn2)c(C#CC2=CCCC=N2)c1. The molecule has 5 nitrogen and oxygen atoms in total. The maximum absolute atomic E-state index is 5.36. The molecule has 0 spiro atoms. The Hall–Kier alpha value is -3.78. The van der Waals surface area contributed by atoms with Crippen molar-refractivity contribution < 1.29 is 4.42 Å². The second-order valence-corrected chi connectivity index (χ2v) is 6.32. The summed E-state index contributed by atoms with van der Waals surface area (Å²) in [6, 6.07) is 11.7. The lowest BCUT2D eigenvalue weighted by Crippen LogP contribution is -2.11.